The monoisotopic (exact) mass is 190 g/mol. The van der Waals surface area contributed by atoms with Crippen molar-refractivity contribution in [2.75, 3.05) is 32.7 Å². The lowest BCUT2D eigenvalue weighted by Gasteiger charge is -2.34. The van der Waals surface area contributed by atoms with Gasteiger partial charge >= 0.3 is 0 Å². The molecule has 2 nitrogen and oxygen atoms in total. The molecule has 2 rings (SSSR count). The van der Waals surface area contributed by atoms with Gasteiger partial charge in [-0.05, 0) is 37.9 Å². The highest BCUT2D eigenvalue weighted by atomic mass is 19.3. The molecular formula is C9H16F2N2. The highest BCUT2D eigenvalue weighted by Crippen LogP contribution is 2.26. The fourth-order valence-electron chi connectivity index (χ4n) is 2.47. The van der Waals surface area contributed by atoms with Gasteiger partial charge in [-0.1, -0.05) is 0 Å². The van der Waals surface area contributed by atoms with Crippen molar-refractivity contribution >= 4 is 0 Å². The molecular weight excluding hydrogens is 174 g/mol. The van der Waals surface area contributed by atoms with Crippen LogP contribution >= 0.6 is 0 Å². The van der Waals surface area contributed by atoms with E-state index in [4.69, 9.17) is 0 Å². The number of fused-ring (bicyclic) bond motifs is 1. The molecule has 2 fully saturated rings. The van der Waals surface area contributed by atoms with Crippen molar-refractivity contribution in [2.45, 2.75) is 12.8 Å². The number of halogens is 2. The second kappa shape index (κ2) is 3.88. The molecule has 76 valence electrons. The van der Waals surface area contributed by atoms with Gasteiger partial charge in [0.05, 0.1) is 6.54 Å². The van der Waals surface area contributed by atoms with Crippen LogP contribution in [-0.4, -0.2) is 44.0 Å². The minimum Gasteiger partial charge on any atom is -0.316 e. The van der Waals surface area contributed by atoms with Crippen LogP contribution in [0.5, 0.6) is 0 Å². The number of nitrogens with one attached hydrogen (secondary N) is 1. The molecule has 13 heavy (non-hydrogen) atoms. The molecule has 0 aliphatic carbocycles. The lowest BCUT2D eigenvalue weighted by Crippen LogP contribution is -2.42. The molecule has 0 spiro atoms. The molecule has 0 saturated carbocycles. The van der Waals surface area contributed by atoms with Crippen LogP contribution in [0.15, 0.2) is 0 Å². The van der Waals surface area contributed by atoms with Gasteiger partial charge in [0, 0.05) is 6.54 Å². The van der Waals surface area contributed by atoms with E-state index in [9.17, 15) is 8.78 Å². The molecule has 0 aromatic carbocycles. The van der Waals surface area contributed by atoms with Crippen molar-refractivity contribution in [3.8, 4) is 0 Å². The Kier molecular flexibility index (Phi) is 2.79. The van der Waals surface area contributed by atoms with E-state index in [0.29, 0.717) is 5.92 Å². The van der Waals surface area contributed by atoms with Gasteiger partial charge in [-0.3, -0.25) is 4.90 Å². The van der Waals surface area contributed by atoms with Crippen molar-refractivity contribution in [2.24, 2.45) is 11.8 Å². The highest BCUT2D eigenvalue weighted by molar-refractivity contribution is 4.87. The van der Waals surface area contributed by atoms with Gasteiger partial charge in [-0.25, -0.2) is 8.78 Å². The number of alkyl halides is 2. The summed E-state index contributed by atoms with van der Waals surface area (Å²) in [5.41, 5.74) is 0. The number of piperidine rings is 1. The van der Waals surface area contributed by atoms with E-state index in [1.807, 2.05) is 4.90 Å². The third kappa shape index (κ3) is 2.17. The van der Waals surface area contributed by atoms with Crippen molar-refractivity contribution < 1.29 is 8.78 Å². The van der Waals surface area contributed by atoms with Crippen LogP contribution in [0.1, 0.15) is 6.42 Å². The van der Waals surface area contributed by atoms with Crippen LogP contribution < -0.4 is 5.32 Å². The highest BCUT2D eigenvalue weighted by Gasteiger charge is 2.33. The summed E-state index contributed by atoms with van der Waals surface area (Å²) in [4.78, 5) is 1.90. The molecule has 0 aromatic heterocycles. The Balaban J connectivity index is 1.83. The molecule has 2 saturated heterocycles. The van der Waals surface area contributed by atoms with E-state index in [2.05, 4.69) is 5.32 Å². The summed E-state index contributed by atoms with van der Waals surface area (Å²) >= 11 is 0. The molecule has 0 aromatic rings. The van der Waals surface area contributed by atoms with Gasteiger partial charge in [0.25, 0.3) is 6.43 Å². The topological polar surface area (TPSA) is 15.3 Å². The van der Waals surface area contributed by atoms with Gasteiger partial charge in [-0.2, -0.15) is 0 Å². The Hall–Kier alpha value is -0.220. The number of nitrogens with zero attached hydrogens (tertiary/aromatic N) is 1. The first-order valence-corrected chi connectivity index (χ1v) is 4.97. The van der Waals surface area contributed by atoms with Gasteiger partial charge in [0.15, 0.2) is 0 Å². The molecule has 2 aliphatic rings. The van der Waals surface area contributed by atoms with Crippen LogP contribution in [0.25, 0.3) is 0 Å². The van der Waals surface area contributed by atoms with E-state index >= 15 is 0 Å². The van der Waals surface area contributed by atoms with Crippen molar-refractivity contribution in [1.82, 2.24) is 10.2 Å². The summed E-state index contributed by atoms with van der Waals surface area (Å²) in [6, 6.07) is 0. The average molecular weight is 190 g/mol. The summed E-state index contributed by atoms with van der Waals surface area (Å²) in [5, 5.41) is 3.32. The Bertz CT molecular complexity index is 175. The van der Waals surface area contributed by atoms with Crippen LogP contribution in [0.2, 0.25) is 0 Å². The first-order chi connectivity index (χ1) is 6.25. The number of rotatable bonds is 2. The normalized spacial score (nSPS) is 35.3. The first kappa shape index (κ1) is 9.34. The van der Waals surface area contributed by atoms with Crippen molar-refractivity contribution in [3.05, 3.63) is 0 Å². The summed E-state index contributed by atoms with van der Waals surface area (Å²) < 4.78 is 24.2. The fraction of sp³-hybridized carbons (Fsp3) is 1.00. The lowest BCUT2D eigenvalue weighted by atomic mass is 9.89. The standard InChI is InChI=1S/C9H16F2N2/c10-9(11)6-13-2-1-7-3-12-4-8(7)5-13/h7-9,12H,1-6H2. The largest absolute Gasteiger partial charge is 0.316 e. The molecule has 0 amide bonds. The van der Waals surface area contributed by atoms with Crippen LogP contribution in [0, 0.1) is 11.8 Å². The van der Waals surface area contributed by atoms with E-state index in [0.717, 1.165) is 38.5 Å². The van der Waals surface area contributed by atoms with Crippen LogP contribution in [0.4, 0.5) is 8.78 Å². The molecule has 0 bridgehead atoms. The third-order valence-electron chi connectivity index (χ3n) is 3.18. The summed E-state index contributed by atoms with van der Waals surface area (Å²) in [6.45, 7) is 3.79. The van der Waals surface area contributed by atoms with Crippen LogP contribution in [-0.2, 0) is 0 Å². The van der Waals surface area contributed by atoms with Gasteiger partial charge in [0.1, 0.15) is 0 Å². The molecule has 2 atom stereocenters. The van der Waals surface area contributed by atoms with Gasteiger partial charge in [-0.15, -0.1) is 0 Å². The summed E-state index contributed by atoms with van der Waals surface area (Å²) in [7, 11) is 0. The lowest BCUT2D eigenvalue weighted by molar-refractivity contribution is 0.0571. The zero-order valence-electron chi connectivity index (χ0n) is 7.68. The summed E-state index contributed by atoms with van der Waals surface area (Å²) in [6.07, 6.45) is -1.09. The van der Waals surface area contributed by atoms with E-state index in [1.165, 1.54) is 0 Å². The third-order valence-corrected chi connectivity index (χ3v) is 3.18. The zero-order valence-corrected chi connectivity index (χ0v) is 7.68. The number of likely N-dealkylation sites (tertiary alicyclic amines) is 1. The Morgan fingerprint density at radius 1 is 1.31 bits per heavy atom. The Labute approximate surface area is 77.3 Å². The maximum atomic E-state index is 12.1. The number of hydrogen-bond donors (Lipinski definition) is 1. The molecule has 2 aliphatic heterocycles. The van der Waals surface area contributed by atoms with Gasteiger partial charge < -0.3 is 5.32 Å². The molecule has 4 heteroatoms. The van der Waals surface area contributed by atoms with Crippen molar-refractivity contribution in [3.63, 3.8) is 0 Å². The molecule has 2 unspecified atom stereocenters. The molecule has 0 radical (unpaired) electrons. The van der Waals surface area contributed by atoms with E-state index in [-0.39, 0.29) is 6.54 Å². The smallest absolute Gasteiger partial charge is 0.251 e. The van der Waals surface area contributed by atoms with Crippen LogP contribution in [0.3, 0.4) is 0 Å². The second-order valence-electron chi connectivity index (χ2n) is 4.12. The predicted octanol–water partition coefficient (Wildman–Crippen LogP) is 0.793. The minimum atomic E-state index is -2.18. The zero-order chi connectivity index (χ0) is 9.26. The van der Waals surface area contributed by atoms with Crippen molar-refractivity contribution in [1.29, 1.82) is 0 Å². The fourth-order valence-corrected chi connectivity index (χ4v) is 2.47. The maximum Gasteiger partial charge on any atom is 0.251 e. The maximum absolute atomic E-state index is 12.1. The molecule has 1 N–H and O–H groups in total. The molecule has 2 heterocycles. The minimum absolute atomic E-state index is 0.0385. The predicted molar refractivity (Wildman–Crippen MR) is 46.9 cm³/mol. The Morgan fingerprint density at radius 3 is 2.85 bits per heavy atom. The second-order valence-corrected chi connectivity index (χ2v) is 4.12. The number of hydrogen-bond acceptors (Lipinski definition) is 2. The van der Waals surface area contributed by atoms with E-state index in [1.54, 1.807) is 0 Å². The SMILES string of the molecule is FC(F)CN1CCC2CNCC2C1. The van der Waals surface area contributed by atoms with E-state index < -0.39 is 6.43 Å². The quantitative estimate of drug-likeness (QED) is 0.692. The average Bonchev–Trinajstić information content (AvgIpc) is 2.49. The van der Waals surface area contributed by atoms with Gasteiger partial charge in [0.2, 0.25) is 0 Å². The summed E-state index contributed by atoms with van der Waals surface area (Å²) in [5.74, 6) is 1.36. The Morgan fingerprint density at radius 2 is 2.08 bits per heavy atom. The first-order valence-electron chi connectivity index (χ1n) is 4.97.